The quantitative estimate of drug-likeness (QED) is 0.0572. The molecule has 0 aromatic heterocycles. The van der Waals surface area contributed by atoms with E-state index in [1.54, 1.807) is 17.8 Å². The number of rotatable bonds is 23. The van der Waals surface area contributed by atoms with Crippen LogP contribution in [-0.2, 0) is 88.1 Å². The highest BCUT2D eigenvalue weighted by Gasteiger charge is 2.53. The standard InChI is InChI=1S/C57H64O14S/c1-5-72-57-53(65-34-41-22-14-8-15-23-41)51(49-46(68-57)36-66-55(71-49)43-24-16-9-17-25-43)70-54(60)44-30-42(28-26-37(44)2)31-62-35-45-48(69-47(59)29-27-38(3)58)50(63-32-39-18-10-6-11-19-39)52(56(61-4)67-45)64-33-40-20-12-7-13-21-40/h6-26,28,30,45-46,48-53,55-57H,5,27,29,31-36H2,1-4H3/t45-,46-,48-,49-,50+,51+,52-,53-,55-,56+,57+/m1/s1. The van der Waals surface area contributed by atoms with Crippen LogP contribution < -0.4 is 0 Å². The first-order valence-corrected chi connectivity index (χ1v) is 25.5. The van der Waals surface area contributed by atoms with Crippen LogP contribution in [0.3, 0.4) is 0 Å². The lowest BCUT2D eigenvalue weighted by atomic mass is 9.97. The third-order valence-electron chi connectivity index (χ3n) is 12.6. The molecule has 0 amide bonds. The molecule has 3 aliphatic rings. The first-order valence-electron chi connectivity index (χ1n) is 24.5. The number of aryl methyl sites for hydroxylation is 1. The van der Waals surface area contributed by atoms with Crippen LogP contribution in [0.1, 0.15) is 76.7 Å². The van der Waals surface area contributed by atoms with Gasteiger partial charge in [-0.3, -0.25) is 4.79 Å². The van der Waals surface area contributed by atoms with E-state index in [4.69, 9.17) is 52.1 Å². The summed E-state index contributed by atoms with van der Waals surface area (Å²) in [5.41, 5.74) is 4.83. The lowest BCUT2D eigenvalue weighted by molar-refractivity contribution is -0.322. The van der Waals surface area contributed by atoms with Crippen molar-refractivity contribution in [1.82, 2.24) is 0 Å². The predicted molar refractivity (Wildman–Crippen MR) is 267 cm³/mol. The molecule has 11 atom stereocenters. The number of hydrogen-bond donors (Lipinski definition) is 0. The Labute approximate surface area is 425 Å². The van der Waals surface area contributed by atoms with Gasteiger partial charge in [0.15, 0.2) is 24.8 Å². The number of methoxy groups -OCH3 is 1. The number of carbonyl (C=O) groups excluding carboxylic acids is 3. The number of Topliss-reactive ketones (excluding diaryl/α,β-unsaturated/α-hetero) is 1. The summed E-state index contributed by atoms with van der Waals surface area (Å²) in [4.78, 5) is 40.0. The highest BCUT2D eigenvalue weighted by atomic mass is 32.2. The van der Waals surface area contributed by atoms with Gasteiger partial charge in [-0.15, -0.1) is 11.8 Å². The minimum atomic E-state index is -1.03. The van der Waals surface area contributed by atoms with Gasteiger partial charge in [0, 0.05) is 19.1 Å². The highest BCUT2D eigenvalue weighted by molar-refractivity contribution is 7.99. The molecule has 382 valence electrons. The molecular formula is C57H64O14S. The molecule has 3 aliphatic heterocycles. The van der Waals surface area contributed by atoms with E-state index in [0.717, 1.165) is 28.0 Å². The summed E-state index contributed by atoms with van der Waals surface area (Å²) in [5.74, 6) is -0.568. The molecule has 72 heavy (non-hydrogen) atoms. The average molecular weight is 1010 g/mol. The van der Waals surface area contributed by atoms with E-state index in [1.807, 2.05) is 147 Å². The lowest BCUT2D eigenvalue weighted by Crippen LogP contribution is -2.62. The summed E-state index contributed by atoms with van der Waals surface area (Å²) >= 11 is 1.57. The molecule has 8 rings (SSSR count). The Balaban J connectivity index is 1.02. The monoisotopic (exact) mass is 1000 g/mol. The number of benzene rings is 5. The van der Waals surface area contributed by atoms with Crippen LogP contribution in [0.4, 0.5) is 0 Å². The third-order valence-corrected chi connectivity index (χ3v) is 13.7. The number of esters is 2. The molecule has 3 saturated heterocycles. The summed E-state index contributed by atoms with van der Waals surface area (Å²) < 4.78 is 70.7. The average Bonchev–Trinajstić information content (AvgIpc) is 3.41. The molecular weight excluding hydrogens is 941 g/mol. The zero-order chi connectivity index (χ0) is 50.2. The summed E-state index contributed by atoms with van der Waals surface area (Å²) in [6, 6.07) is 44.2. The van der Waals surface area contributed by atoms with Gasteiger partial charge in [-0.05, 0) is 53.5 Å². The van der Waals surface area contributed by atoms with Gasteiger partial charge in [0.1, 0.15) is 47.8 Å². The largest absolute Gasteiger partial charge is 0.457 e. The van der Waals surface area contributed by atoms with Crippen molar-refractivity contribution in [2.45, 2.75) is 127 Å². The fourth-order valence-corrected chi connectivity index (χ4v) is 9.87. The maximum absolute atomic E-state index is 14.6. The zero-order valence-electron chi connectivity index (χ0n) is 41.1. The Morgan fingerprint density at radius 3 is 1.82 bits per heavy atom. The molecule has 0 N–H and O–H groups in total. The number of thioether (sulfide) groups is 1. The van der Waals surface area contributed by atoms with E-state index in [1.165, 1.54) is 14.0 Å². The van der Waals surface area contributed by atoms with Crippen LogP contribution in [0, 0.1) is 6.92 Å². The SMILES string of the molecule is CCS[C@@H]1O[C@@H]2CO[C@@H](c3ccccc3)O[C@H]2[C@H](OC(=O)c2cc(COC[C@H]3O[C@H](OC)[C@H](OCc4ccccc4)[C@@H](OCc4ccccc4)[C@@H]3OC(=O)CCC(C)=O)ccc2C)[C@H]1OCc1ccccc1. The van der Waals surface area contributed by atoms with E-state index in [2.05, 4.69) is 0 Å². The van der Waals surface area contributed by atoms with Gasteiger partial charge in [0.2, 0.25) is 0 Å². The van der Waals surface area contributed by atoms with Gasteiger partial charge < -0.3 is 56.9 Å². The molecule has 5 aromatic rings. The predicted octanol–water partition coefficient (Wildman–Crippen LogP) is 9.04. The number of hydrogen-bond acceptors (Lipinski definition) is 15. The van der Waals surface area contributed by atoms with Gasteiger partial charge in [-0.25, -0.2) is 4.79 Å². The van der Waals surface area contributed by atoms with Crippen molar-refractivity contribution in [3.8, 4) is 0 Å². The van der Waals surface area contributed by atoms with Gasteiger partial charge in [0.05, 0.1) is 51.6 Å². The first kappa shape index (κ1) is 53.0. The third kappa shape index (κ3) is 14.3. The number of fused-ring (bicyclic) bond motifs is 1. The molecule has 0 saturated carbocycles. The highest BCUT2D eigenvalue weighted by Crippen LogP contribution is 2.40. The van der Waals surface area contributed by atoms with E-state index in [9.17, 15) is 14.4 Å². The maximum atomic E-state index is 14.6. The van der Waals surface area contributed by atoms with Crippen LogP contribution in [0.15, 0.2) is 140 Å². The molecule has 0 bridgehead atoms. The fourth-order valence-electron chi connectivity index (χ4n) is 8.89. The summed E-state index contributed by atoms with van der Waals surface area (Å²) in [5, 5.41) is 0. The van der Waals surface area contributed by atoms with Crippen molar-refractivity contribution in [3.05, 3.63) is 178 Å². The minimum Gasteiger partial charge on any atom is -0.457 e. The second kappa shape index (κ2) is 26.6. The van der Waals surface area contributed by atoms with E-state index >= 15 is 0 Å². The second-order valence-corrected chi connectivity index (χ2v) is 19.3. The van der Waals surface area contributed by atoms with Crippen LogP contribution in [0.5, 0.6) is 0 Å². The van der Waals surface area contributed by atoms with Crippen molar-refractivity contribution < 1.29 is 66.5 Å². The Kier molecular flexibility index (Phi) is 19.6. The second-order valence-electron chi connectivity index (χ2n) is 17.9. The van der Waals surface area contributed by atoms with Crippen LogP contribution in [0.25, 0.3) is 0 Å². The summed E-state index contributed by atoms with van der Waals surface area (Å²) in [6.07, 6.45) is -8.23. The zero-order valence-corrected chi connectivity index (χ0v) is 41.9. The molecule has 0 unspecified atom stereocenters. The summed E-state index contributed by atoms with van der Waals surface area (Å²) in [7, 11) is 1.51. The Morgan fingerprint density at radius 2 is 1.22 bits per heavy atom. The number of carbonyl (C=O) groups is 3. The van der Waals surface area contributed by atoms with E-state index in [0.29, 0.717) is 16.7 Å². The fraction of sp³-hybridized carbons (Fsp3) is 0.421. The van der Waals surface area contributed by atoms with Crippen molar-refractivity contribution in [2.24, 2.45) is 0 Å². The maximum Gasteiger partial charge on any atom is 0.338 e. The molecule has 0 spiro atoms. The molecule has 3 fully saturated rings. The lowest BCUT2D eigenvalue weighted by Gasteiger charge is -2.48. The van der Waals surface area contributed by atoms with Crippen molar-refractivity contribution in [2.75, 3.05) is 26.1 Å². The first-order chi connectivity index (χ1) is 35.2. The molecule has 0 radical (unpaired) electrons. The van der Waals surface area contributed by atoms with Crippen molar-refractivity contribution in [3.63, 3.8) is 0 Å². The Hall–Kier alpha value is -5.30. The Morgan fingerprint density at radius 1 is 0.625 bits per heavy atom. The van der Waals surface area contributed by atoms with Crippen molar-refractivity contribution in [1.29, 1.82) is 0 Å². The number of ether oxygens (including phenoxy) is 11. The van der Waals surface area contributed by atoms with Crippen LogP contribution in [0.2, 0.25) is 0 Å². The molecule has 5 aromatic carbocycles. The van der Waals surface area contributed by atoms with Gasteiger partial charge in [-0.1, -0.05) is 140 Å². The van der Waals surface area contributed by atoms with Gasteiger partial charge in [0.25, 0.3) is 0 Å². The Bertz CT molecular complexity index is 2460. The van der Waals surface area contributed by atoms with Gasteiger partial charge >= 0.3 is 11.9 Å². The normalized spacial score (nSPS) is 26.0. The van der Waals surface area contributed by atoms with Crippen molar-refractivity contribution >= 4 is 29.5 Å². The summed E-state index contributed by atoms with van der Waals surface area (Å²) in [6.45, 7) is 6.16. The molecule has 15 heteroatoms. The minimum absolute atomic E-state index is 0.0149. The van der Waals surface area contributed by atoms with E-state index < -0.39 is 78.8 Å². The number of ketones is 1. The van der Waals surface area contributed by atoms with Crippen LogP contribution in [-0.4, -0.2) is 104 Å². The topological polar surface area (TPSA) is 153 Å². The smallest absolute Gasteiger partial charge is 0.338 e. The van der Waals surface area contributed by atoms with Gasteiger partial charge in [-0.2, -0.15) is 0 Å². The molecule has 3 heterocycles. The molecule has 0 aliphatic carbocycles. The van der Waals surface area contributed by atoms with E-state index in [-0.39, 0.29) is 58.3 Å². The molecule has 14 nitrogen and oxygen atoms in total. The van der Waals surface area contributed by atoms with Crippen LogP contribution >= 0.6 is 11.8 Å².